The third-order valence-electron chi connectivity index (χ3n) is 5.48. The van der Waals surface area contributed by atoms with E-state index < -0.39 is 5.97 Å². The number of aryl methyl sites for hydroxylation is 4. The van der Waals surface area contributed by atoms with Gasteiger partial charge in [-0.05, 0) is 63.8 Å². The van der Waals surface area contributed by atoms with Gasteiger partial charge in [0.15, 0.2) is 0 Å². The SMILES string of the molecule is CCOC(=O)c1c(NC(=O)CCc2ccc(C)cc2)sc(C(=O)Nc2ccc(C)cc2C)c1C. The Hall–Kier alpha value is -3.45. The minimum atomic E-state index is -0.560. The number of carbonyl (C=O) groups is 3. The second-order valence-corrected chi connectivity index (χ2v) is 9.31. The highest BCUT2D eigenvalue weighted by Crippen LogP contribution is 2.34. The van der Waals surface area contributed by atoms with Crippen LogP contribution in [0.1, 0.15) is 61.2 Å². The Morgan fingerprint density at radius 2 is 1.59 bits per heavy atom. The van der Waals surface area contributed by atoms with Crippen molar-refractivity contribution in [3.05, 3.63) is 80.7 Å². The second kappa shape index (κ2) is 11.1. The molecule has 2 aromatic carbocycles. The van der Waals surface area contributed by atoms with E-state index in [0.29, 0.717) is 27.5 Å². The number of anilines is 2. The van der Waals surface area contributed by atoms with E-state index in [2.05, 4.69) is 10.6 Å². The van der Waals surface area contributed by atoms with Crippen molar-refractivity contribution < 1.29 is 19.1 Å². The molecule has 0 aliphatic carbocycles. The summed E-state index contributed by atoms with van der Waals surface area (Å²) in [4.78, 5) is 38.8. The molecule has 0 unspecified atom stereocenters. The van der Waals surface area contributed by atoms with Gasteiger partial charge in [-0.3, -0.25) is 9.59 Å². The van der Waals surface area contributed by atoms with E-state index in [4.69, 9.17) is 4.74 Å². The fourth-order valence-electron chi connectivity index (χ4n) is 3.60. The maximum Gasteiger partial charge on any atom is 0.341 e. The fourth-order valence-corrected chi connectivity index (χ4v) is 4.71. The van der Waals surface area contributed by atoms with E-state index in [1.54, 1.807) is 13.8 Å². The zero-order chi connectivity index (χ0) is 24.8. The third kappa shape index (κ3) is 6.11. The van der Waals surface area contributed by atoms with Gasteiger partial charge >= 0.3 is 5.97 Å². The number of thiophene rings is 1. The van der Waals surface area contributed by atoms with Gasteiger partial charge < -0.3 is 15.4 Å². The summed E-state index contributed by atoms with van der Waals surface area (Å²) < 4.78 is 5.20. The molecule has 1 heterocycles. The van der Waals surface area contributed by atoms with E-state index in [1.165, 1.54) is 0 Å². The zero-order valence-electron chi connectivity index (χ0n) is 20.2. The molecule has 3 aromatic rings. The molecule has 0 aliphatic rings. The first-order valence-electron chi connectivity index (χ1n) is 11.2. The Bertz CT molecular complexity index is 1210. The summed E-state index contributed by atoms with van der Waals surface area (Å²) in [7, 11) is 0. The Labute approximate surface area is 204 Å². The first-order chi connectivity index (χ1) is 16.2. The Kier molecular flexibility index (Phi) is 8.23. The number of benzene rings is 2. The number of nitrogens with one attached hydrogen (secondary N) is 2. The van der Waals surface area contributed by atoms with Gasteiger partial charge in [0, 0.05) is 12.1 Å². The lowest BCUT2D eigenvalue weighted by atomic mass is 10.1. The van der Waals surface area contributed by atoms with E-state index >= 15 is 0 Å². The first kappa shape index (κ1) is 25.2. The highest BCUT2D eigenvalue weighted by Gasteiger charge is 2.27. The largest absolute Gasteiger partial charge is 0.462 e. The maximum absolute atomic E-state index is 13.1. The standard InChI is InChI=1S/C27H30N2O4S/c1-6-33-27(32)23-19(5)24(25(31)28-21-13-9-17(3)15-18(21)4)34-26(23)29-22(30)14-12-20-10-7-16(2)8-11-20/h7-11,13,15H,6,12,14H2,1-5H3,(H,28,31)(H,29,30). The molecule has 1 aromatic heterocycles. The van der Waals surface area contributed by atoms with Gasteiger partial charge in [0.1, 0.15) is 5.00 Å². The highest BCUT2D eigenvalue weighted by atomic mass is 32.1. The van der Waals surface area contributed by atoms with Crippen LogP contribution >= 0.6 is 11.3 Å². The highest BCUT2D eigenvalue weighted by molar-refractivity contribution is 7.18. The van der Waals surface area contributed by atoms with Gasteiger partial charge in [-0.25, -0.2) is 4.79 Å². The third-order valence-corrected chi connectivity index (χ3v) is 6.68. The van der Waals surface area contributed by atoms with Crippen molar-refractivity contribution in [1.82, 2.24) is 0 Å². The average molecular weight is 479 g/mol. The summed E-state index contributed by atoms with van der Waals surface area (Å²) in [5, 5.41) is 6.08. The molecule has 2 N–H and O–H groups in total. The normalized spacial score (nSPS) is 10.6. The number of amides is 2. The van der Waals surface area contributed by atoms with Crippen molar-refractivity contribution in [3.63, 3.8) is 0 Å². The molecule has 0 saturated heterocycles. The van der Waals surface area contributed by atoms with Crippen LogP contribution in [0.15, 0.2) is 42.5 Å². The maximum atomic E-state index is 13.1. The number of carbonyl (C=O) groups excluding carboxylic acids is 3. The minimum Gasteiger partial charge on any atom is -0.462 e. The van der Waals surface area contributed by atoms with Crippen molar-refractivity contribution in [2.45, 2.75) is 47.5 Å². The number of ether oxygens (including phenoxy) is 1. The number of hydrogen-bond donors (Lipinski definition) is 2. The Morgan fingerprint density at radius 3 is 2.24 bits per heavy atom. The molecular weight excluding hydrogens is 448 g/mol. The summed E-state index contributed by atoms with van der Waals surface area (Å²) in [6.45, 7) is 9.53. The molecule has 2 amide bonds. The summed E-state index contributed by atoms with van der Waals surface area (Å²) in [6, 6.07) is 13.8. The van der Waals surface area contributed by atoms with Crippen molar-refractivity contribution >= 4 is 39.8 Å². The van der Waals surface area contributed by atoms with E-state index in [-0.39, 0.29) is 30.4 Å². The Morgan fingerprint density at radius 1 is 0.912 bits per heavy atom. The minimum absolute atomic E-state index is 0.193. The molecule has 0 fully saturated rings. The van der Waals surface area contributed by atoms with E-state index in [0.717, 1.165) is 33.6 Å². The molecule has 34 heavy (non-hydrogen) atoms. The molecule has 0 radical (unpaired) electrons. The van der Waals surface area contributed by atoms with Crippen LogP contribution in [-0.4, -0.2) is 24.4 Å². The van der Waals surface area contributed by atoms with Crippen molar-refractivity contribution in [3.8, 4) is 0 Å². The zero-order valence-corrected chi connectivity index (χ0v) is 21.0. The molecule has 178 valence electrons. The van der Waals surface area contributed by atoms with Gasteiger partial charge in [0.05, 0.1) is 17.0 Å². The van der Waals surface area contributed by atoms with Crippen LogP contribution < -0.4 is 10.6 Å². The second-order valence-electron chi connectivity index (χ2n) is 8.29. The summed E-state index contributed by atoms with van der Waals surface area (Å²) in [5.74, 6) is -1.12. The van der Waals surface area contributed by atoms with Gasteiger partial charge in [-0.15, -0.1) is 11.3 Å². The van der Waals surface area contributed by atoms with E-state index in [9.17, 15) is 14.4 Å². The van der Waals surface area contributed by atoms with Crippen molar-refractivity contribution in [1.29, 1.82) is 0 Å². The number of hydrogen-bond acceptors (Lipinski definition) is 5. The van der Waals surface area contributed by atoms with Crippen molar-refractivity contribution in [2.24, 2.45) is 0 Å². The predicted octanol–water partition coefficient (Wildman–Crippen LogP) is 5.98. The predicted molar refractivity (Wildman–Crippen MR) is 137 cm³/mol. The molecular formula is C27H30N2O4S. The molecule has 0 spiro atoms. The van der Waals surface area contributed by atoms with Gasteiger partial charge in [-0.1, -0.05) is 47.5 Å². The molecule has 3 rings (SSSR count). The van der Waals surface area contributed by atoms with Crippen LogP contribution in [0.2, 0.25) is 0 Å². The van der Waals surface area contributed by atoms with Crippen LogP contribution in [0.5, 0.6) is 0 Å². The van der Waals surface area contributed by atoms with Gasteiger partial charge in [0.2, 0.25) is 5.91 Å². The number of rotatable bonds is 8. The van der Waals surface area contributed by atoms with E-state index in [1.807, 2.05) is 63.2 Å². The van der Waals surface area contributed by atoms with Crippen LogP contribution in [0.3, 0.4) is 0 Å². The molecule has 0 atom stereocenters. The first-order valence-corrected chi connectivity index (χ1v) is 12.1. The topological polar surface area (TPSA) is 84.5 Å². The lowest BCUT2D eigenvalue weighted by Crippen LogP contribution is -2.15. The summed E-state index contributed by atoms with van der Waals surface area (Å²) >= 11 is 1.08. The van der Waals surface area contributed by atoms with Crippen LogP contribution in [0.4, 0.5) is 10.7 Å². The fraction of sp³-hybridized carbons (Fsp3) is 0.296. The molecule has 0 bridgehead atoms. The number of esters is 1. The molecule has 7 heteroatoms. The lowest BCUT2D eigenvalue weighted by molar-refractivity contribution is -0.116. The lowest BCUT2D eigenvalue weighted by Gasteiger charge is -2.09. The molecule has 6 nitrogen and oxygen atoms in total. The quantitative estimate of drug-likeness (QED) is 0.390. The Balaban J connectivity index is 1.81. The average Bonchev–Trinajstić information content (AvgIpc) is 3.11. The smallest absolute Gasteiger partial charge is 0.341 e. The summed E-state index contributed by atoms with van der Waals surface area (Å²) in [6.07, 6.45) is 0.831. The van der Waals surface area contributed by atoms with Crippen LogP contribution in [0.25, 0.3) is 0 Å². The molecule has 0 saturated carbocycles. The van der Waals surface area contributed by atoms with Gasteiger partial charge in [0.25, 0.3) is 5.91 Å². The monoisotopic (exact) mass is 478 g/mol. The van der Waals surface area contributed by atoms with Crippen LogP contribution in [-0.2, 0) is 16.0 Å². The summed E-state index contributed by atoms with van der Waals surface area (Å²) in [5.41, 5.74) is 5.67. The van der Waals surface area contributed by atoms with Gasteiger partial charge in [-0.2, -0.15) is 0 Å². The molecule has 0 aliphatic heterocycles. The van der Waals surface area contributed by atoms with Crippen molar-refractivity contribution in [2.75, 3.05) is 17.2 Å². The van der Waals surface area contributed by atoms with Crippen LogP contribution in [0, 0.1) is 27.7 Å².